The number of hydrogen-bond acceptors (Lipinski definition) is 6. The Bertz CT molecular complexity index is 879. The van der Waals surface area contributed by atoms with Crippen molar-refractivity contribution < 1.29 is 19.2 Å². The van der Waals surface area contributed by atoms with E-state index < -0.39 is 4.92 Å². The van der Waals surface area contributed by atoms with Crippen LogP contribution in [0.4, 0.5) is 5.69 Å². The average Bonchev–Trinajstić information content (AvgIpc) is 2.71. The summed E-state index contributed by atoms with van der Waals surface area (Å²) < 4.78 is 11.0. The van der Waals surface area contributed by atoms with Gasteiger partial charge in [0.15, 0.2) is 5.75 Å². The molecule has 1 amide bonds. The summed E-state index contributed by atoms with van der Waals surface area (Å²) in [6.45, 7) is 4.13. The second-order valence-corrected chi connectivity index (χ2v) is 6.50. The van der Waals surface area contributed by atoms with Gasteiger partial charge in [-0.2, -0.15) is 5.10 Å². The predicted molar refractivity (Wildman–Crippen MR) is 110 cm³/mol. The molecule has 8 nitrogen and oxygen atoms in total. The zero-order valence-electron chi connectivity index (χ0n) is 16.8. The van der Waals surface area contributed by atoms with Crippen molar-refractivity contribution in [3.05, 3.63) is 63.2 Å². The van der Waals surface area contributed by atoms with Gasteiger partial charge >= 0.3 is 5.69 Å². The Kier molecular flexibility index (Phi) is 8.14. The third-order valence-corrected chi connectivity index (χ3v) is 4.14. The normalized spacial score (nSPS) is 10.7. The van der Waals surface area contributed by atoms with E-state index in [-0.39, 0.29) is 29.7 Å². The SMILES string of the molecule is CCCCC(=O)N/N=C/c1cc(OC)c(OCc2ccc(C)cc2)c([N+](=O)[O-])c1. The summed E-state index contributed by atoms with van der Waals surface area (Å²) in [5, 5.41) is 15.4. The number of aryl methyl sites for hydroxylation is 1. The summed E-state index contributed by atoms with van der Waals surface area (Å²) in [6.07, 6.45) is 3.39. The lowest BCUT2D eigenvalue weighted by Crippen LogP contribution is -2.16. The summed E-state index contributed by atoms with van der Waals surface area (Å²) in [6, 6.07) is 10.6. The third kappa shape index (κ3) is 6.60. The molecule has 0 aromatic heterocycles. The van der Waals surface area contributed by atoms with Gasteiger partial charge in [0.25, 0.3) is 0 Å². The molecule has 154 valence electrons. The van der Waals surface area contributed by atoms with Gasteiger partial charge in [-0.3, -0.25) is 14.9 Å². The molecular weight excluding hydrogens is 374 g/mol. The number of hydrazone groups is 1. The molecule has 0 aliphatic carbocycles. The van der Waals surface area contributed by atoms with Crippen LogP contribution in [0.5, 0.6) is 11.5 Å². The smallest absolute Gasteiger partial charge is 0.315 e. The highest BCUT2D eigenvalue weighted by Gasteiger charge is 2.22. The summed E-state index contributed by atoms with van der Waals surface area (Å²) in [5.74, 6) is 0.0508. The van der Waals surface area contributed by atoms with Crippen LogP contribution in [0.3, 0.4) is 0 Å². The average molecular weight is 399 g/mol. The summed E-state index contributed by atoms with van der Waals surface area (Å²) in [4.78, 5) is 22.6. The number of amides is 1. The molecule has 8 heteroatoms. The van der Waals surface area contributed by atoms with Crippen LogP contribution in [0, 0.1) is 17.0 Å². The summed E-state index contributed by atoms with van der Waals surface area (Å²) in [7, 11) is 1.41. The van der Waals surface area contributed by atoms with Gasteiger partial charge in [0, 0.05) is 18.1 Å². The topological polar surface area (TPSA) is 103 Å². The number of hydrogen-bond donors (Lipinski definition) is 1. The minimum atomic E-state index is -0.538. The van der Waals surface area contributed by atoms with E-state index in [2.05, 4.69) is 10.5 Å². The maximum Gasteiger partial charge on any atom is 0.315 e. The minimum absolute atomic E-state index is 0.0437. The van der Waals surface area contributed by atoms with E-state index in [1.807, 2.05) is 38.1 Å². The Morgan fingerprint density at radius 3 is 2.62 bits per heavy atom. The number of nitrogens with one attached hydrogen (secondary N) is 1. The molecule has 0 fully saturated rings. The number of nitrogens with zero attached hydrogens (tertiary/aromatic N) is 2. The van der Waals surface area contributed by atoms with Gasteiger partial charge in [0.2, 0.25) is 11.7 Å². The lowest BCUT2D eigenvalue weighted by Gasteiger charge is -2.12. The molecule has 0 radical (unpaired) electrons. The number of nitro benzene ring substituents is 1. The number of carbonyl (C=O) groups is 1. The first-order valence-corrected chi connectivity index (χ1v) is 9.31. The molecule has 0 spiro atoms. The number of rotatable bonds is 10. The van der Waals surface area contributed by atoms with Crippen molar-refractivity contribution in [3.8, 4) is 11.5 Å². The van der Waals surface area contributed by atoms with Crippen LogP contribution in [0.15, 0.2) is 41.5 Å². The van der Waals surface area contributed by atoms with E-state index in [0.717, 1.165) is 24.0 Å². The highest BCUT2D eigenvalue weighted by atomic mass is 16.6. The van der Waals surface area contributed by atoms with Gasteiger partial charge in [-0.05, 0) is 25.0 Å². The van der Waals surface area contributed by atoms with Crippen LogP contribution >= 0.6 is 0 Å². The Balaban J connectivity index is 2.20. The third-order valence-electron chi connectivity index (χ3n) is 4.14. The van der Waals surface area contributed by atoms with E-state index in [9.17, 15) is 14.9 Å². The highest BCUT2D eigenvalue weighted by molar-refractivity contribution is 5.85. The van der Waals surface area contributed by atoms with Crippen LogP contribution in [-0.2, 0) is 11.4 Å². The fraction of sp³-hybridized carbons (Fsp3) is 0.333. The molecule has 0 saturated heterocycles. The van der Waals surface area contributed by atoms with Crippen molar-refractivity contribution in [2.24, 2.45) is 5.10 Å². The molecule has 0 atom stereocenters. The van der Waals surface area contributed by atoms with E-state index in [1.165, 1.54) is 19.4 Å². The standard InChI is InChI=1S/C21H25N3O5/c1-4-5-6-20(25)23-22-13-17-11-18(24(26)27)21(19(12-17)28-3)29-14-16-9-7-15(2)8-10-16/h7-13H,4-6,14H2,1-3H3,(H,23,25)/b22-13+. The van der Waals surface area contributed by atoms with Gasteiger partial charge < -0.3 is 9.47 Å². The monoisotopic (exact) mass is 399 g/mol. The highest BCUT2D eigenvalue weighted by Crippen LogP contribution is 2.38. The van der Waals surface area contributed by atoms with Crippen molar-refractivity contribution in [2.75, 3.05) is 7.11 Å². The predicted octanol–water partition coefficient (Wildman–Crippen LogP) is 4.13. The van der Waals surface area contributed by atoms with Gasteiger partial charge in [0.1, 0.15) is 6.61 Å². The minimum Gasteiger partial charge on any atom is -0.493 e. The fourth-order valence-corrected chi connectivity index (χ4v) is 2.53. The molecule has 0 heterocycles. The molecule has 2 aromatic carbocycles. The molecule has 0 aliphatic rings. The Morgan fingerprint density at radius 2 is 2.00 bits per heavy atom. The molecule has 0 saturated carbocycles. The summed E-state index contributed by atoms with van der Waals surface area (Å²) in [5.41, 5.74) is 4.57. The van der Waals surface area contributed by atoms with Crippen LogP contribution in [-0.4, -0.2) is 24.2 Å². The second kappa shape index (κ2) is 10.8. The molecule has 2 rings (SSSR count). The first kappa shape index (κ1) is 21.9. The number of benzene rings is 2. The van der Waals surface area contributed by atoms with Crippen LogP contribution in [0.1, 0.15) is 42.9 Å². The lowest BCUT2D eigenvalue weighted by molar-refractivity contribution is -0.386. The maximum absolute atomic E-state index is 11.6. The number of ether oxygens (including phenoxy) is 2. The van der Waals surface area contributed by atoms with Crippen LogP contribution < -0.4 is 14.9 Å². The van der Waals surface area contributed by atoms with E-state index in [4.69, 9.17) is 9.47 Å². The van der Waals surface area contributed by atoms with E-state index >= 15 is 0 Å². The van der Waals surface area contributed by atoms with Crippen molar-refractivity contribution in [2.45, 2.75) is 39.7 Å². The fourth-order valence-electron chi connectivity index (χ4n) is 2.53. The molecular formula is C21H25N3O5. The van der Waals surface area contributed by atoms with Crippen LogP contribution in [0.25, 0.3) is 0 Å². The number of nitro groups is 1. The first-order valence-electron chi connectivity index (χ1n) is 9.31. The molecule has 2 aromatic rings. The molecule has 29 heavy (non-hydrogen) atoms. The second-order valence-electron chi connectivity index (χ2n) is 6.50. The number of unbranched alkanes of at least 4 members (excludes halogenated alkanes) is 1. The van der Waals surface area contributed by atoms with Crippen LogP contribution in [0.2, 0.25) is 0 Å². The Morgan fingerprint density at radius 1 is 1.28 bits per heavy atom. The van der Waals surface area contributed by atoms with Crippen molar-refractivity contribution in [1.29, 1.82) is 0 Å². The van der Waals surface area contributed by atoms with Crippen molar-refractivity contribution in [1.82, 2.24) is 5.43 Å². The van der Waals surface area contributed by atoms with Crippen molar-refractivity contribution in [3.63, 3.8) is 0 Å². The van der Waals surface area contributed by atoms with Gasteiger partial charge in [-0.25, -0.2) is 5.43 Å². The van der Waals surface area contributed by atoms with Gasteiger partial charge in [-0.1, -0.05) is 43.2 Å². The van der Waals surface area contributed by atoms with E-state index in [0.29, 0.717) is 12.0 Å². The van der Waals surface area contributed by atoms with Crippen molar-refractivity contribution >= 4 is 17.8 Å². The van der Waals surface area contributed by atoms with E-state index in [1.54, 1.807) is 6.07 Å². The Labute approximate surface area is 169 Å². The molecule has 0 aliphatic heterocycles. The first-order chi connectivity index (χ1) is 13.9. The largest absolute Gasteiger partial charge is 0.493 e. The molecule has 0 unspecified atom stereocenters. The number of methoxy groups -OCH3 is 1. The van der Waals surface area contributed by atoms with Gasteiger partial charge in [0.05, 0.1) is 18.2 Å². The molecule has 1 N–H and O–H groups in total. The summed E-state index contributed by atoms with van der Waals surface area (Å²) >= 11 is 0. The van der Waals surface area contributed by atoms with Gasteiger partial charge in [-0.15, -0.1) is 0 Å². The quantitative estimate of drug-likeness (QED) is 0.367. The number of carbonyl (C=O) groups excluding carboxylic acids is 1. The zero-order chi connectivity index (χ0) is 21.2. The zero-order valence-corrected chi connectivity index (χ0v) is 16.8. The molecule has 0 bridgehead atoms. The Hall–Kier alpha value is -3.42. The maximum atomic E-state index is 11.6. The lowest BCUT2D eigenvalue weighted by atomic mass is 10.1.